The molecule has 0 radical (unpaired) electrons. The van der Waals surface area contributed by atoms with Crippen molar-refractivity contribution in [3.63, 3.8) is 0 Å². The maximum absolute atomic E-state index is 13.7. The van der Waals surface area contributed by atoms with Gasteiger partial charge in [-0.1, -0.05) is 31.2 Å². The normalized spacial score (nSPS) is 17.4. The zero-order valence-electron chi connectivity index (χ0n) is 12.7. The molecule has 1 aliphatic heterocycles. The van der Waals surface area contributed by atoms with Gasteiger partial charge in [0.2, 0.25) is 5.91 Å². The number of hydrogen-bond acceptors (Lipinski definition) is 2. The van der Waals surface area contributed by atoms with Crippen molar-refractivity contribution in [1.29, 1.82) is 0 Å². The highest BCUT2D eigenvalue weighted by atomic mass is 19.1. The van der Waals surface area contributed by atoms with Gasteiger partial charge in [-0.05, 0) is 36.2 Å². The Morgan fingerprint density at radius 3 is 2.87 bits per heavy atom. The number of amides is 1. The third-order valence-electron chi connectivity index (χ3n) is 4.29. The number of para-hydroxylation sites is 1. The van der Waals surface area contributed by atoms with Crippen LogP contribution in [0.4, 0.5) is 15.8 Å². The predicted octanol–water partition coefficient (Wildman–Crippen LogP) is 4.23. The van der Waals surface area contributed by atoms with E-state index in [1.165, 1.54) is 12.1 Å². The molecular weight excluding hydrogens is 291 g/mol. The van der Waals surface area contributed by atoms with Gasteiger partial charge in [0.05, 0.1) is 23.1 Å². The first-order valence-corrected chi connectivity index (χ1v) is 7.60. The number of rotatable bonds is 1. The Balaban J connectivity index is 1.91. The highest BCUT2D eigenvalue weighted by molar-refractivity contribution is 6.05. The molecule has 0 fully saturated rings. The summed E-state index contributed by atoms with van der Waals surface area (Å²) in [5.74, 6) is -0.510. The Labute approximate surface area is 133 Å². The van der Waals surface area contributed by atoms with E-state index in [-0.39, 0.29) is 17.6 Å². The van der Waals surface area contributed by atoms with Crippen molar-refractivity contribution in [3.8, 4) is 0 Å². The fourth-order valence-electron chi connectivity index (χ4n) is 3.12. The second-order valence-electron chi connectivity index (χ2n) is 5.94. The molecule has 0 spiro atoms. The van der Waals surface area contributed by atoms with E-state index in [1.807, 2.05) is 37.3 Å². The standard InChI is InChI=1S/C19H15FN2O/c1-12-8-14-6-7-15(20)10-18(14)22(19(12)23)16-9-13-4-2-3-5-17(13)21-11-16/h2-7,9-12H,8H2,1H3. The van der Waals surface area contributed by atoms with Gasteiger partial charge in [-0.2, -0.15) is 0 Å². The van der Waals surface area contributed by atoms with E-state index < -0.39 is 0 Å². The predicted molar refractivity (Wildman–Crippen MR) is 88.2 cm³/mol. The third-order valence-corrected chi connectivity index (χ3v) is 4.29. The lowest BCUT2D eigenvalue weighted by Crippen LogP contribution is -2.37. The van der Waals surface area contributed by atoms with Crippen molar-refractivity contribution < 1.29 is 9.18 Å². The Kier molecular flexibility index (Phi) is 3.11. The number of nitrogens with zero attached hydrogens (tertiary/aromatic N) is 2. The van der Waals surface area contributed by atoms with Crippen LogP contribution in [0.3, 0.4) is 0 Å². The minimum atomic E-state index is -0.343. The summed E-state index contributed by atoms with van der Waals surface area (Å²) < 4.78 is 13.7. The first-order valence-electron chi connectivity index (χ1n) is 7.60. The molecule has 23 heavy (non-hydrogen) atoms. The summed E-state index contributed by atoms with van der Waals surface area (Å²) >= 11 is 0. The first-order chi connectivity index (χ1) is 11.1. The molecule has 1 aromatic heterocycles. The van der Waals surface area contributed by atoms with Gasteiger partial charge in [-0.25, -0.2) is 4.39 Å². The maximum Gasteiger partial charge on any atom is 0.234 e. The molecule has 0 N–H and O–H groups in total. The smallest absolute Gasteiger partial charge is 0.234 e. The lowest BCUT2D eigenvalue weighted by molar-refractivity contribution is -0.121. The fraction of sp³-hybridized carbons (Fsp3) is 0.158. The average Bonchev–Trinajstić information content (AvgIpc) is 2.56. The van der Waals surface area contributed by atoms with Crippen LogP contribution in [0.2, 0.25) is 0 Å². The molecule has 0 aliphatic carbocycles. The molecule has 1 amide bonds. The van der Waals surface area contributed by atoms with Crippen molar-refractivity contribution in [1.82, 2.24) is 4.98 Å². The van der Waals surface area contributed by atoms with Gasteiger partial charge in [-0.15, -0.1) is 0 Å². The molecule has 3 nitrogen and oxygen atoms in total. The van der Waals surface area contributed by atoms with Crippen LogP contribution in [0.5, 0.6) is 0 Å². The first kappa shape index (κ1) is 13.9. The highest BCUT2D eigenvalue weighted by Gasteiger charge is 2.31. The molecule has 3 aromatic rings. The molecule has 1 aliphatic rings. The van der Waals surface area contributed by atoms with E-state index in [0.29, 0.717) is 17.8 Å². The van der Waals surface area contributed by atoms with E-state index in [0.717, 1.165) is 16.5 Å². The fourth-order valence-corrected chi connectivity index (χ4v) is 3.12. The van der Waals surface area contributed by atoms with Gasteiger partial charge in [0, 0.05) is 11.3 Å². The number of fused-ring (bicyclic) bond motifs is 2. The number of hydrogen-bond donors (Lipinski definition) is 0. The second-order valence-corrected chi connectivity index (χ2v) is 5.94. The number of anilines is 2. The monoisotopic (exact) mass is 306 g/mol. The summed E-state index contributed by atoms with van der Waals surface area (Å²) in [5, 5.41) is 0.953. The van der Waals surface area contributed by atoms with E-state index >= 15 is 0 Å². The van der Waals surface area contributed by atoms with Crippen LogP contribution in [0.25, 0.3) is 10.9 Å². The van der Waals surface area contributed by atoms with E-state index in [9.17, 15) is 9.18 Å². The lowest BCUT2D eigenvalue weighted by atomic mass is 9.92. The van der Waals surface area contributed by atoms with Crippen molar-refractivity contribution in [2.45, 2.75) is 13.3 Å². The summed E-state index contributed by atoms with van der Waals surface area (Å²) in [4.78, 5) is 18.7. The summed E-state index contributed by atoms with van der Waals surface area (Å²) in [7, 11) is 0. The summed E-state index contributed by atoms with van der Waals surface area (Å²) in [6.07, 6.45) is 2.30. The Morgan fingerprint density at radius 2 is 2.00 bits per heavy atom. The van der Waals surface area contributed by atoms with Crippen LogP contribution < -0.4 is 4.90 Å². The van der Waals surface area contributed by atoms with Crippen LogP contribution in [0.15, 0.2) is 54.7 Å². The van der Waals surface area contributed by atoms with Gasteiger partial charge in [0.25, 0.3) is 0 Å². The molecular formula is C19H15FN2O. The molecule has 4 rings (SSSR count). The lowest BCUT2D eigenvalue weighted by Gasteiger charge is -2.32. The minimum Gasteiger partial charge on any atom is -0.279 e. The summed E-state index contributed by atoms with van der Waals surface area (Å²) in [5.41, 5.74) is 3.14. The molecule has 4 heteroatoms. The molecule has 0 saturated carbocycles. The number of pyridine rings is 1. The SMILES string of the molecule is CC1Cc2ccc(F)cc2N(c2cnc3ccccc3c2)C1=O. The quantitative estimate of drug-likeness (QED) is 0.674. The number of carbonyl (C=O) groups is 1. The largest absolute Gasteiger partial charge is 0.279 e. The molecule has 2 heterocycles. The van der Waals surface area contributed by atoms with E-state index in [4.69, 9.17) is 0 Å². The molecule has 1 atom stereocenters. The molecule has 2 aromatic carbocycles. The van der Waals surface area contributed by atoms with Crippen LogP contribution in [0.1, 0.15) is 12.5 Å². The van der Waals surface area contributed by atoms with E-state index in [1.54, 1.807) is 17.2 Å². The number of halogens is 1. The number of aromatic nitrogens is 1. The summed E-state index contributed by atoms with van der Waals surface area (Å²) in [6, 6.07) is 14.3. The third kappa shape index (κ3) is 2.27. The Hall–Kier alpha value is -2.75. The molecule has 114 valence electrons. The van der Waals surface area contributed by atoms with Crippen molar-refractivity contribution in [2.24, 2.45) is 5.92 Å². The van der Waals surface area contributed by atoms with Crippen LogP contribution in [0, 0.1) is 11.7 Å². The highest BCUT2D eigenvalue weighted by Crippen LogP contribution is 2.37. The number of benzene rings is 2. The van der Waals surface area contributed by atoms with Crippen molar-refractivity contribution in [2.75, 3.05) is 4.90 Å². The molecule has 0 saturated heterocycles. The van der Waals surface area contributed by atoms with Gasteiger partial charge in [-0.3, -0.25) is 14.7 Å². The van der Waals surface area contributed by atoms with Gasteiger partial charge >= 0.3 is 0 Å². The Bertz CT molecular complexity index is 922. The average molecular weight is 306 g/mol. The van der Waals surface area contributed by atoms with Crippen molar-refractivity contribution in [3.05, 3.63) is 66.1 Å². The van der Waals surface area contributed by atoms with Gasteiger partial charge in [0.1, 0.15) is 5.82 Å². The topological polar surface area (TPSA) is 33.2 Å². The van der Waals surface area contributed by atoms with Crippen LogP contribution >= 0.6 is 0 Å². The Morgan fingerprint density at radius 1 is 1.17 bits per heavy atom. The number of carbonyl (C=O) groups excluding carboxylic acids is 1. The maximum atomic E-state index is 13.7. The minimum absolute atomic E-state index is 0.0276. The zero-order chi connectivity index (χ0) is 16.0. The zero-order valence-corrected chi connectivity index (χ0v) is 12.7. The van der Waals surface area contributed by atoms with Gasteiger partial charge in [0.15, 0.2) is 0 Å². The molecule has 1 unspecified atom stereocenters. The second kappa shape index (κ2) is 5.16. The van der Waals surface area contributed by atoms with Crippen LogP contribution in [-0.4, -0.2) is 10.9 Å². The molecule has 0 bridgehead atoms. The van der Waals surface area contributed by atoms with E-state index in [2.05, 4.69) is 4.98 Å². The summed E-state index contributed by atoms with van der Waals surface area (Å²) in [6.45, 7) is 1.90. The van der Waals surface area contributed by atoms with Crippen LogP contribution in [-0.2, 0) is 11.2 Å². The van der Waals surface area contributed by atoms with Crippen molar-refractivity contribution >= 4 is 28.2 Å². The van der Waals surface area contributed by atoms with Gasteiger partial charge < -0.3 is 0 Å².